The van der Waals surface area contributed by atoms with Crippen molar-refractivity contribution in [2.75, 3.05) is 13.1 Å². The Morgan fingerprint density at radius 3 is 2.68 bits per heavy atom. The number of rotatable bonds is 4. The molecule has 0 aliphatic carbocycles. The number of nitrogens with zero attached hydrogens (tertiary/aromatic N) is 4. The minimum atomic E-state index is -0.327. The summed E-state index contributed by atoms with van der Waals surface area (Å²) in [5, 5.41) is 6.40. The number of amides is 1. The smallest absolute Gasteiger partial charge is 0.293 e. The lowest BCUT2D eigenvalue weighted by Crippen LogP contribution is -2.35. The van der Waals surface area contributed by atoms with Gasteiger partial charge in [-0.1, -0.05) is 6.07 Å². The van der Waals surface area contributed by atoms with Crippen LogP contribution in [0.1, 0.15) is 24.0 Å². The first kappa shape index (κ1) is 20.4. The fraction of sp³-hybridized carbons (Fsp3) is 0.316. The number of thiophene rings is 1. The molecule has 28 heavy (non-hydrogen) atoms. The lowest BCUT2D eigenvalue weighted by molar-refractivity contribution is 0.0731. The Morgan fingerprint density at radius 2 is 2.07 bits per heavy atom. The van der Waals surface area contributed by atoms with Crippen LogP contribution in [0.4, 0.5) is 4.39 Å². The number of carbonyl (C=O) groups is 1. The second-order valence-electron chi connectivity index (χ2n) is 6.77. The molecular formula is C19H21ClFN5OS. The summed E-state index contributed by atoms with van der Waals surface area (Å²) < 4.78 is 14.9. The molecule has 3 aromatic rings. The molecule has 2 atom stereocenters. The Kier molecular flexibility index (Phi) is 6.12. The van der Waals surface area contributed by atoms with Crippen molar-refractivity contribution in [1.82, 2.24) is 19.7 Å². The van der Waals surface area contributed by atoms with Crippen LogP contribution >= 0.6 is 23.7 Å². The van der Waals surface area contributed by atoms with E-state index in [1.54, 1.807) is 21.7 Å². The third-order valence-electron chi connectivity index (χ3n) is 4.87. The Labute approximate surface area is 172 Å². The van der Waals surface area contributed by atoms with Crippen LogP contribution in [-0.4, -0.2) is 44.7 Å². The van der Waals surface area contributed by atoms with E-state index in [-0.39, 0.29) is 36.0 Å². The molecule has 0 saturated carbocycles. The normalized spacial score (nSPS) is 18.9. The van der Waals surface area contributed by atoms with Gasteiger partial charge < -0.3 is 10.6 Å². The van der Waals surface area contributed by atoms with Crippen molar-refractivity contribution < 1.29 is 9.18 Å². The predicted molar refractivity (Wildman–Crippen MR) is 110 cm³/mol. The van der Waals surface area contributed by atoms with E-state index < -0.39 is 0 Å². The standard InChI is InChI=1S/C19H20FN5OS.ClH/c1-12-9-13(10-21)11-24(12)19(26)17-22-18(16-3-2-8-27-16)25(23-17)15-6-4-14(20)5-7-15;/h2-8,12-13H,9-11,21H2,1H3;1H. The molecule has 2 aromatic heterocycles. The van der Waals surface area contributed by atoms with Crippen molar-refractivity contribution in [3.63, 3.8) is 0 Å². The van der Waals surface area contributed by atoms with E-state index in [0.29, 0.717) is 30.5 Å². The molecule has 0 radical (unpaired) electrons. The molecule has 1 amide bonds. The molecular weight excluding hydrogens is 401 g/mol. The lowest BCUT2D eigenvalue weighted by Gasteiger charge is -2.19. The highest BCUT2D eigenvalue weighted by Crippen LogP contribution is 2.28. The second kappa shape index (κ2) is 8.38. The van der Waals surface area contributed by atoms with Crippen LogP contribution in [0, 0.1) is 11.7 Å². The number of carbonyl (C=O) groups excluding carboxylic acids is 1. The maximum absolute atomic E-state index is 13.3. The number of likely N-dealkylation sites (tertiary alicyclic amines) is 1. The second-order valence-corrected chi connectivity index (χ2v) is 7.72. The Bertz CT molecular complexity index is 944. The fourth-order valence-electron chi connectivity index (χ4n) is 3.45. The van der Waals surface area contributed by atoms with Gasteiger partial charge in [0.2, 0.25) is 5.82 Å². The molecule has 148 valence electrons. The predicted octanol–water partition coefficient (Wildman–Crippen LogP) is 3.37. The first-order valence-corrected chi connectivity index (χ1v) is 9.72. The van der Waals surface area contributed by atoms with E-state index in [9.17, 15) is 9.18 Å². The minimum Gasteiger partial charge on any atom is -0.333 e. The van der Waals surface area contributed by atoms with Gasteiger partial charge >= 0.3 is 0 Å². The molecule has 1 aliphatic rings. The van der Waals surface area contributed by atoms with Crippen molar-refractivity contribution in [2.45, 2.75) is 19.4 Å². The first-order valence-electron chi connectivity index (χ1n) is 8.84. The van der Waals surface area contributed by atoms with Crippen LogP contribution in [-0.2, 0) is 0 Å². The van der Waals surface area contributed by atoms with E-state index in [0.717, 1.165) is 11.3 Å². The number of halogens is 2. The van der Waals surface area contributed by atoms with Gasteiger partial charge in [0, 0.05) is 12.6 Å². The average Bonchev–Trinajstić information content (AvgIpc) is 3.40. The summed E-state index contributed by atoms with van der Waals surface area (Å²) >= 11 is 1.51. The summed E-state index contributed by atoms with van der Waals surface area (Å²) in [6.07, 6.45) is 0.888. The number of hydrogen-bond acceptors (Lipinski definition) is 5. The highest BCUT2D eigenvalue weighted by Gasteiger charge is 2.34. The maximum Gasteiger partial charge on any atom is 0.293 e. The van der Waals surface area contributed by atoms with Gasteiger partial charge in [0.15, 0.2) is 5.82 Å². The third-order valence-corrected chi connectivity index (χ3v) is 5.73. The molecule has 1 fully saturated rings. The van der Waals surface area contributed by atoms with E-state index in [1.807, 2.05) is 24.4 Å². The van der Waals surface area contributed by atoms with Crippen LogP contribution in [0.5, 0.6) is 0 Å². The van der Waals surface area contributed by atoms with E-state index in [1.165, 1.54) is 23.5 Å². The number of aromatic nitrogens is 3. The SMILES string of the molecule is CC1CC(CN)CN1C(=O)c1nc(-c2cccs2)n(-c2ccc(F)cc2)n1.Cl. The van der Waals surface area contributed by atoms with Crippen molar-refractivity contribution in [2.24, 2.45) is 11.7 Å². The van der Waals surface area contributed by atoms with Gasteiger partial charge in [0.25, 0.3) is 5.91 Å². The van der Waals surface area contributed by atoms with Crippen LogP contribution in [0.3, 0.4) is 0 Å². The summed E-state index contributed by atoms with van der Waals surface area (Å²) in [5.41, 5.74) is 6.43. The van der Waals surface area contributed by atoms with Crippen molar-refractivity contribution in [3.8, 4) is 16.4 Å². The van der Waals surface area contributed by atoms with E-state index >= 15 is 0 Å². The zero-order valence-corrected chi connectivity index (χ0v) is 16.9. The summed E-state index contributed by atoms with van der Waals surface area (Å²) in [7, 11) is 0. The topological polar surface area (TPSA) is 77.0 Å². The monoisotopic (exact) mass is 421 g/mol. The summed E-state index contributed by atoms with van der Waals surface area (Å²) in [6.45, 7) is 3.20. The maximum atomic E-state index is 13.3. The molecule has 4 rings (SSSR count). The summed E-state index contributed by atoms with van der Waals surface area (Å²) in [6, 6.07) is 9.92. The zero-order chi connectivity index (χ0) is 19.0. The molecule has 1 aliphatic heterocycles. The lowest BCUT2D eigenvalue weighted by atomic mass is 10.1. The van der Waals surface area contributed by atoms with Crippen molar-refractivity contribution in [3.05, 3.63) is 53.4 Å². The van der Waals surface area contributed by atoms with Crippen LogP contribution in [0.15, 0.2) is 41.8 Å². The van der Waals surface area contributed by atoms with Gasteiger partial charge in [-0.2, -0.15) is 0 Å². The number of hydrogen-bond donors (Lipinski definition) is 1. The number of nitrogens with two attached hydrogens (primary N) is 1. The quantitative estimate of drug-likeness (QED) is 0.700. The third kappa shape index (κ3) is 3.80. The highest BCUT2D eigenvalue weighted by atomic mass is 35.5. The van der Waals surface area contributed by atoms with Crippen molar-refractivity contribution in [1.29, 1.82) is 0 Å². The molecule has 3 heterocycles. The molecule has 9 heteroatoms. The Hall–Kier alpha value is -2.29. The van der Waals surface area contributed by atoms with E-state index in [4.69, 9.17) is 5.73 Å². The van der Waals surface area contributed by atoms with Crippen molar-refractivity contribution >= 4 is 29.7 Å². The zero-order valence-electron chi connectivity index (χ0n) is 15.3. The van der Waals surface area contributed by atoms with Crippen LogP contribution in [0.2, 0.25) is 0 Å². The molecule has 0 bridgehead atoms. The van der Waals surface area contributed by atoms with Gasteiger partial charge in [-0.15, -0.1) is 28.8 Å². The van der Waals surface area contributed by atoms with Crippen LogP contribution < -0.4 is 5.73 Å². The Morgan fingerprint density at radius 1 is 1.32 bits per heavy atom. The van der Waals surface area contributed by atoms with E-state index in [2.05, 4.69) is 10.1 Å². The minimum absolute atomic E-state index is 0. The highest BCUT2D eigenvalue weighted by molar-refractivity contribution is 7.13. The molecule has 1 aromatic carbocycles. The molecule has 2 unspecified atom stereocenters. The molecule has 0 spiro atoms. The van der Waals surface area contributed by atoms with Gasteiger partial charge in [-0.25, -0.2) is 14.1 Å². The largest absolute Gasteiger partial charge is 0.333 e. The fourth-order valence-corrected chi connectivity index (χ4v) is 4.15. The number of benzene rings is 1. The first-order chi connectivity index (χ1) is 13.1. The Balaban J connectivity index is 0.00000225. The summed E-state index contributed by atoms with van der Waals surface area (Å²) in [5.74, 6) is 0.498. The van der Waals surface area contributed by atoms with Crippen LogP contribution in [0.25, 0.3) is 16.4 Å². The van der Waals surface area contributed by atoms with Gasteiger partial charge in [0.05, 0.1) is 10.6 Å². The molecule has 2 N–H and O–H groups in total. The molecule has 1 saturated heterocycles. The molecule has 6 nitrogen and oxygen atoms in total. The van der Waals surface area contributed by atoms with Gasteiger partial charge in [0.1, 0.15) is 5.82 Å². The average molecular weight is 422 g/mol. The van der Waals surface area contributed by atoms with Gasteiger partial charge in [-0.3, -0.25) is 4.79 Å². The van der Waals surface area contributed by atoms with Gasteiger partial charge in [-0.05, 0) is 61.5 Å². The summed E-state index contributed by atoms with van der Waals surface area (Å²) in [4.78, 5) is 20.2.